The van der Waals surface area contributed by atoms with E-state index in [1.807, 2.05) is 13.0 Å². The van der Waals surface area contributed by atoms with E-state index in [0.29, 0.717) is 56.0 Å². The molecule has 8 nitrogen and oxygen atoms in total. The van der Waals surface area contributed by atoms with Gasteiger partial charge in [-0.1, -0.05) is 30.7 Å². The minimum atomic E-state index is -3.98. The van der Waals surface area contributed by atoms with Crippen LogP contribution in [0.4, 0.5) is 10.1 Å². The van der Waals surface area contributed by atoms with Gasteiger partial charge in [-0.05, 0) is 110 Å². The van der Waals surface area contributed by atoms with Crippen molar-refractivity contribution in [2.75, 3.05) is 31.3 Å². The molecule has 1 saturated carbocycles. The van der Waals surface area contributed by atoms with E-state index in [-0.39, 0.29) is 53.6 Å². The molecule has 2 aliphatic carbocycles. The predicted molar refractivity (Wildman–Crippen MR) is 172 cm³/mol. The molecule has 3 aliphatic heterocycles. The van der Waals surface area contributed by atoms with Gasteiger partial charge >= 0.3 is 0 Å². The molecule has 7 rings (SSSR count). The number of ether oxygens (including phenoxy) is 2. The quantitative estimate of drug-likeness (QED) is 0.410. The summed E-state index contributed by atoms with van der Waals surface area (Å²) in [6.07, 6.45) is 6.55. The van der Waals surface area contributed by atoms with Crippen molar-refractivity contribution in [3.05, 3.63) is 69.5 Å². The Kier molecular flexibility index (Phi) is 9.48. The summed E-state index contributed by atoms with van der Waals surface area (Å²) in [6, 6.07) is 8.47. The molecule has 2 aromatic carbocycles. The average Bonchev–Trinajstić information content (AvgIpc) is 3.00. The van der Waals surface area contributed by atoms with Gasteiger partial charge in [0.1, 0.15) is 11.6 Å². The van der Waals surface area contributed by atoms with Gasteiger partial charge in [-0.15, -0.1) is 0 Å². The Bertz CT molecular complexity index is 1580. The van der Waals surface area contributed by atoms with Crippen LogP contribution in [0.15, 0.2) is 42.0 Å². The molecule has 3 heterocycles. The molecule has 2 aromatic rings. The normalized spacial score (nSPS) is 29.8. The van der Waals surface area contributed by atoms with Crippen LogP contribution in [0.1, 0.15) is 67.4 Å². The van der Waals surface area contributed by atoms with Gasteiger partial charge in [-0.2, -0.15) is 0 Å². The van der Waals surface area contributed by atoms with Crippen LogP contribution in [0.3, 0.4) is 0 Å². The summed E-state index contributed by atoms with van der Waals surface area (Å²) in [5, 5.41) is 8.90. The highest BCUT2D eigenvalue weighted by Crippen LogP contribution is 2.47. The maximum absolute atomic E-state index is 15.4. The summed E-state index contributed by atoms with van der Waals surface area (Å²) in [7, 11) is -3.98. The summed E-state index contributed by atoms with van der Waals surface area (Å²) < 4.78 is 57.1. The number of carbonyl (C=O) groups is 1. The summed E-state index contributed by atoms with van der Waals surface area (Å²) in [5.74, 6) is -0.258. The molecular formula is C34H42ClFN2O6S. The highest BCUT2D eigenvalue weighted by molar-refractivity contribution is 7.90. The third kappa shape index (κ3) is 6.48. The second-order valence-corrected chi connectivity index (χ2v) is 15.5. The lowest BCUT2D eigenvalue weighted by Gasteiger charge is -2.47. The number of nitrogens with zero attached hydrogens (tertiary/aromatic N) is 1. The number of sulfonamides is 1. The zero-order valence-corrected chi connectivity index (χ0v) is 27.4. The monoisotopic (exact) mass is 660 g/mol. The Hall–Kier alpha value is -2.66. The number of carbonyl (C=O) groups excluding carboxylic acids is 1. The number of halogens is 2. The van der Waals surface area contributed by atoms with Crippen LogP contribution < -0.4 is 14.4 Å². The average molecular weight is 661 g/mol. The third-order valence-electron chi connectivity index (χ3n) is 10.4. The first kappa shape index (κ1) is 32.3. The molecule has 244 valence electrons. The maximum Gasteiger partial charge on any atom is 0.264 e. The standard InChI is InChI=1S/C34H42ClFN2O6S/c1-20-21(2)45(41,42)37-34(40)22-8-11-31-30(17-22)38(18-23-7-10-29(35)32(36)27(23)5-3-4-13-43-31)19-24-6-9-28(24)33(44-14-12-39)26-15-25(20)16-26/h7-8,10-11,15,17,20-21,24-25,28,33,39H,3-6,9,12-14,16,18-19H2,1-2H3,(H,37,40)/t20-,21-,24+,25+,28-,33+/m1/s1. The van der Waals surface area contributed by atoms with E-state index in [1.54, 1.807) is 31.2 Å². The number of fused-ring (bicyclic) bond motifs is 5. The van der Waals surface area contributed by atoms with Crippen molar-refractivity contribution < 1.29 is 32.2 Å². The zero-order valence-electron chi connectivity index (χ0n) is 25.8. The molecule has 0 saturated heterocycles. The van der Waals surface area contributed by atoms with E-state index in [9.17, 15) is 18.3 Å². The van der Waals surface area contributed by atoms with Crippen LogP contribution in [-0.4, -0.2) is 57.2 Å². The number of aliphatic hydroxyl groups excluding tert-OH is 1. The van der Waals surface area contributed by atoms with E-state index < -0.39 is 27.0 Å². The second kappa shape index (κ2) is 13.2. The first-order valence-electron chi connectivity index (χ1n) is 16.0. The molecule has 11 heteroatoms. The SMILES string of the molecule is C[C@@H]1[C@@H](C)S(=O)(=O)NC(=O)c2ccc3c(c2)N(Cc2ccc(Cl)c(F)c2CCCCO3)C[C@@H]2CC[C@H]2[C@@H](OCCO)C2=C[C@H]1C2. The van der Waals surface area contributed by atoms with Crippen molar-refractivity contribution in [1.29, 1.82) is 0 Å². The van der Waals surface area contributed by atoms with Gasteiger partial charge in [0.15, 0.2) is 0 Å². The second-order valence-electron chi connectivity index (χ2n) is 13.0. The molecule has 1 fully saturated rings. The van der Waals surface area contributed by atoms with Crippen molar-refractivity contribution in [3.8, 4) is 5.75 Å². The van der Waals surface area contributed by atoms with Crippen LogP contribution >= 0.6 is 11.6 Å². The predicted octanol–water partition coefficient (Wildman–Crippen LogP) is 5.65. The van der Waals surface area contributed by atoms with E-state index >= 15 is 4.39 Å². The molecule has 0 spiro atoms. The van der Waals surface area contributed by atoms with E-state index in [0.717, 1.165) is 30.4 Å². The van der Waals surface area contributed by atoms with Gasteiger partial charge in [-0.3, -0.25) is 4.79 Å². The maximum atomic E-state index is 15.4. The van der Waals surface area contributed by atoms with Crippen LogP contribution in [0.25, 0.3) is 0 Å². The van der Waals surface area contributed by atoms with Gasteiger partial charge in [0.25, 0.3) is 5.91 Å². The molecule has 0 unspecified atom stereocenters. The summed E-state index contributed by atoms with van der Waals surface area (Å²) >= 11 is 6.22. The molecule has 0 radical (unpaired) electrons. The van der Waals surface area contributed by atoms with Gasteiger partial charge < -0.3 is 19.5 Å². The molecular weight excluding hydrogens is 619 g/mol. The zero-order chi connectivity index (χ0) is 31.9. The van der Waals surface area contributed by atoms with Crippen LogP contribution in [0.2, 0.25) is 5.02 Å². The first-order valence-corrected chi connectivity index (χ1v) is 18.0. The van der Waals surface area contributed by atoms with E-state index in [4.69, 9.17) is 21.1 Å². The fourth-order valence-electron chi connectivity index (χ4n) is 7.28. The Morgan fingerprint density at radius 2 is 1.98 bits per heavy atom. The molecule has 1 amide bonds. The molecule has 5 aliphatic rings. The van der Waals surface area contributed by atoms with Crippen molar-refractivity contribution in [2.24, 2.45) is 23.7 Å². The van der Waals surface area contributed by atoms with Crippen molar-refractivity contribution >= 4 is 33.2 Å². The Balaban J connectivity index is 1.46. The van der Waals surface area contributed by atoms with Gasteiger partial charge in [0.05, 0.1) is 41.9 Å². The molecule has 0 aromatic heterocycles. The molecule has 2 N–H and O–H groups in total. The first-order chi connectivity index (χ1) is 21.6. The van der Waals surface area contributed by atoms with E-state index in [2.05, 4.69) is 15.7 Å². The van der Waals surface area contributed by atoms with Gasteiger partial charge in [0.2, 0.25) is 10.0 Å². The Morgan fingerprint density at radius 3 is 2.71 bits per heavy atom. The van der Waals surface area contributed by atoms with Crippen LogP contribution in [-0.2, 0) is 27.7 Å². The summed E-state index contributed by atoms with van der Waals surface area (Å²) in [6.45, 7) is 5.05. The van der Waals surface area contributed by atoms with Crippen molar-refractivity contribution in [2.45, 2.75) is 70.3 Å². The highest BCUT2D eigenvalue weighted by atomic mass is 35.5. The number of rotatable bonds is 3. The van der Waals surface area contributed by atoms with Crippen molar-refractivity contribution in [3.63, 3.8) is 0 Å². The van der Waals surface area contributed by atoms with Crippen molar-refractivity contribution in [1.82, 2.24) is 4.72 Å². The molecule has 45 heavy (non-hydrogen) atoms. The minimum Gasteiger partial charge on any atom is -0.491 e. The number of hydrogen-bond donors (Lipinski definition) is 2. The van der Waals surface area contributed by atoms with Crippen LogP contribution in [0, 0.1) is 29.5 Å². The lowest BCUT2D eigenvalue weighted by Crippen LogP contribution is -2.47. The fraction of sp³-hybridized carbons (Fsp3) is 0.559. The van der Waals surface area contributed by atoms with E-state index in [1.165, 1.54) is 0 Å². The molecule has 6 atom stereocenters. The lowest BCUT2D eigenvalue weighted by atomic mass is 9.64. The highest BCUT2D eigenvalue weighted by Gasteiger charge is 2.44. The topological polar surface area (TPSA) is 105 Å². The van der Waals surface area contributed by atoms with Gasteiger partial charge in [-0.25, -0.2) is 17.5 Å². The summed E-state index contributed by atoms with van der Waals surface area (Å²) in [5.41, 5.74) is 3.39. The lowest BCUT2D eigenvalue weighted by molar-refractivity contribution is -0.0371. The largest absolute Gasteiger partial charge is 0.491 e. The fourth-order valence-corrected chi connectivity index (χ4v) is 8.79. The third-order valence-corrected chi connectivity index (χ3v) is 12.6. The van der Waals surface area contributed by atoms with Crippen LogP contribution in [0.5, 0.6) is 5.75 Å². The number of allylic oxidation sites excluding steroid dienone is 1. The van der Waals surface area contributed by atoms with Gasteiger partial charge in [0, 0.05) is 18.7 Å². The number of nitrogens with one attached hydrogen (secondary N) is 1. The number of anilines is 1. The number of amides is 1. The minimum absolute atomic E-state index is 0.0422. The number of benzene rings is 2. The smallest absolute Gasteiger partial charge is 0.264 e. The number of hydrogen-bond acceptors (Lipinski definition) is 7. The summed E-state index contributed by atoms with van der Waals surface area (Å²) in [4.78, 5) is 15.6. The molecule has 4 bridgehead atoms. The Labute approximate surface area is 270 Å². The Morgan fingerprint density at radius 1 is 1.18 bits per heavy atom. The number of aliphatic hydroxyl groups is 1.